The van der Waals surface area contributed by atoms with Crippen molar-refractivity contribution in [1.29, 1.82) is 0 Å². The van der Waals surface area contributed by atoms with Gasteiger partial charge in [0.05, 0.1) is 29.1 Å². The van der Waals surface area contributed by atoms with Crippen LogP contribution in [0.3, 0.4) is 0 Å². The number of aromatic nitrogens is 2. The predicted molar refractivity (Wildman–Crippen MR) is 103 cm³/mol. The molecule has 0 amide bonds. The Balaban J connectivity index is 1.90. The van der Waals surface area contributed by atoms with Crippen LogP contribution in [-0.4, -0.2) is 22.9 Å². The van der Waals surface area contributed by atoms with E-state index in [0.29, 0.717) is 33.7 Å². The molecule has 25 heavy (non-hydrogen) atoms. The third kappa shape index (κ3) is 3.64. The zero-order valence-electron chi connectivity index (χ0n) is 14.1. The van der Waals surface area contributed by atoms with E-state index >= 15 is 0 Å². The van der Waals surface area contributed by atoms with Crippen molar-refractivity contribution >= 4 is 44.4 Å². The third-order valence-corrected chi connectivity index (χ3v) is 5.40. The normalized spacial score (nSPS) is 10.7. The van der Waals surface area contributed by atoms with Crippen LogP contribution in [0.4, 0.5) is 16.0 Å². The number of Topliss-reactive ketones (excluding diaryl/α,β-unsaturated/α-hetero) is 1. The van der Waals surface area contributed by atoms with Crippen LogP contribution in [0.2, 0.25) is 0 Å². The smallest absolute Gasteiger partial charge is 0.187 e. The molecule has 8 heteroatoms. The second-order valence-corrected chi connectivity index (χ2v) is 7.21. The Morgan fingerprint density at radius 2 is 2.16 bits per heavy atom. The summed E-state index contributed by atoms with van der Waals surface area (Å²) in [4.78, 5) is 21.7. The number of carbonyl (C=O) groups excluding carboxylic acids is 1. The molecule has 0 unspecified atom stereocenters. The quantitative estimate of drug-likeness (QED) is 0.617. The number of benzene rings is 1. The van der Waals surface area contributed by atoms with Crippen LogP contribution in [0, 0.1) is 6.92 Å². The van der Waals surface area contributed by atoms with Gasteiger partial charge in [-0.3, -0.25) is 4.79 Å². The Morgan fingerprint density at radius 1 is 1.36 bits per heavy atom. The van der Waals surface area contributed by atoms with Gasteiger partial charge in [-0.05, 0) is 25.1 Å². The van der Waals surface area contributed by atoms with Crippen molar-refractivity contribution in [3.05, 3.63) is 34.8 Å². The molecule has 0 aliphatic heterocycles. The monoisotopic (exact) mass is 374 g/mol. The van der Waals surface area contributed by atoms with Crippen LogP contribution in [-0.2, 0) is 0 Å². The summed E-state index contributed by atoms with van der Waals surface area (Å²) in [6.45, 7) is 3.76. The Labute approximate surface area is 153 Å². The molecule has 0 radical (unpaired) electrons. The van der Waals surface area contributed by atoms with Crippen LogP contribution < -0.4 is 15.8 Å². The highest BCUT2D eigenvalue weighted by molar-refractivity contribution is 7.19. The number of nitrogens with one attached hydrogen (secondary N) is 1. The number of aryl methyl sites for hydroxylation is 1. The lowest BCUT2D eigenvalue weighted by molar-refractivity contribution is 0.0988. The Hall–Kier alpha value is -2.45. The highest BCUT2D eigenvalue weighted by atomic mass is 32.1. The maximum atomic E-state index is 11.9. The van der Waals surface area contributed by atoms with Gasteiger partial charge in [0.2, 0.25) is 0 Å². The third-order valence-electron chi connectivity index (χ3n) is 3.63. The average molecular weight is 374 g/mol. The second kappa shape index (κ2) is 7.20. The standard InChI is InChI=1S/C17H18N4O2S2/c1-4-13(22)10-5-6-14(23-3)11(7-10)20-17-21-12(8-24-17)15-9(2)19-16(18)25-15/h5-8H,4H2,1-3H3,(H2,18,19)(H,20,21). The Kier molecular flexibility index (Phi) is 5.00. The molecule has 6 nitrogen and oxygen atoms in total. The molecule has 2 heterocycles. The first-order valence-electron chi connectivity index (χ1n) is 7.69. The van der Waals surface area contributed by atoms with Gasteiger partial charge in [0.1, 0.15) is 5.75 Å². The van der Waals surface area contributed by atoms with E-state index < -0.39 is 0 Å². The molecule has 3 rings (SSSR count). The van der Waals surface area contributed by atoms with E-state index in [0.717, 1.165) is 16.3 Å². The number of hydrogen-bond acceptors (Lipinski definition) is 8. The van der Waals surface area contributed by atoms with E-state index in [1.165, 1.54) is 22.7 Å². The molecule has 1 aromatic carbocycles. The summed E-state index contributed by atoms with van der Waals surface area (Å²) in [6.07, 6.45) is 0.458. The number of anilines is 3. The molecule has 3 N–H and O–H groups in total. The first kappa shape index (κ1) is 17.4. The van der Waals surface area contributed by atoms with Gasteiger partial charge < -0.3 is 15.8 Å². The zero-order chi connectivity index (χ0) is 18.0. The fourth-order valence-corrected chi connectivity index (χ4v) is 3.97. The van der Waals surface area contributed by atoms with Crippen molar-refractivity contribution in [3.63, 3.8) is 0 Å². The molecular formula is C17H18N4O2S2. The van der Waals surface area contributed by atoms with E-state index in [9.17, 15) is 4.79 Å². The first-order chi connectivity index (χ1) is 12.0. The molecule has 0 atom stereocenters. The van der Waals surface area contributed by atoms with Crippen LogP contribution in [0.25, 0.3) is 10.6 Å². The lowest BCUT2D eigenvalue weighted by atomic mass is 10.1. The number of ether oxygens (including phenoxy) is 1. The number of nitrogens with zero attached hydrogens (tertiary/aromatic N) is 2. The van der Waals surface area contributed by atoms with Crippen LogP contribution >= 0.6 is 22.7 Å². The van der Waals surface area contributed by atoms with Crippen molar-refractivity contribution < 1.29 is 9.53 Å². The van der Waals surface area contributed by atoms with E-state index in [4.69, 9.17) is 10.5 Å². The van der Waals surface area contributed by atoms with Crippen molar-refractivity contribution in [2.24, 2.45) is 0 Å². The van der Waals surface area contributed by atoms with Gasteiger partial charge in [0.25, 0.3) is 0 Å². The topological polar surface area (TPSA) is 90.1 Å². The second-order valence-electron chi connectivity index (χ2n) is 5.32. The number of methoxy groups -OCH3 is 1. The van der Waals surface area contributed by atoms with Gasteiger partial charge in [0, 0.05) is 17.4 Å². The number of ketones is 1. The molecule has 0 spiro atoms. The fraction of sp³-hybridized carbons (Fsp3) is 0.235. The van der Waals surface area contributed by atoms with E-state index in [1.54, 1.807) is 25.3 Å². The van der Waals surface area contributed by atoms with E-state index in [1.807, 2.05) is 19.2 Å². The molecule has 0 aliphatic carbocycles. The number of rotatable bonds is 6. The van der Waals surface area contributed by atoms with Gasteiger partial charge >= 0.3 is 0 Å². The summed E-state index contributed by atoms with van der Waals surface area (Å²) in [7, 11) is 1.60. The molecule has 0 saturated heterocycles. The highest BCUT2D eigenvalue weighted by Gasteiger charge is 2.14. The maximum absolute atomic E-state index is 11.9. The van der Waals surface area contributed by atoms with Crippen molar-refractivity contribution in [2.75, 3.05) is 18.2 Å². The minimum atomic E-state index is 0.0845. The lowest BCUT2D eigenvalue weighted by Gasteiger charge is -2.10. The minimum absolute atomic E-state index is 0.0845. The highest BCUT2D eigenvalue weighted by Crippen LogP contribution is 2.35. The summed E-state index contributed by atoms with van der Waals surface area (Å²) in [5, 5.41) is 6.44. The molecule has 0 fully saturated rings. The SMILES string of the molecule is CCC(=O)c1ccc(OC)c(Nc2nc(-c3sc(N)nc3C)cs2)c1. The number of carbonyl (C=O) groups is 1. The largest absolute Gasteiger partial charge is 0.495 e. The van der Waals surface area contributed by atoms with Gasteiger partial charge in [-0.25, -0.2) is 9.97 Å². The first-order valence-corrected chi connectivity index (χ1v) is 9.38. The molecule has 0 saturated carbocycles. The predicted octanol–water partition coefficient (Wildman–Crippen LogP) is 4.50. The van der Waals surface area contributed by atoms with Crippen molar-refractivity contribution in [3.8, 4) is 16.3 Å². The van der Waals surface area contributed by atoms with Crippen LogP contribution in [0.15, 0.2) is 23.6 Å². The summed E-state index contributed by atoms with van der Waals surface area (Å²) in [5.41, 5.74) is 8.82. The molecule has 130 valence electrons. The van der Waals surface area contributed by atoms with Crippen molar-refractivity contribution in [1.82, 2.24) is 9.97 Å². The van der Waals surface area contributed by atoms with Gasteiger partial charge in [0.15, 0.2) is 16.0 Å². The summed E-state index contributed by atoms with van der Waals surface area (Å²) >= 11 is 2.89. The lowest BCUT2D eigenvalue weighted by Crippen LogP contribution is -2.00. The van der Waals surface area contributed by atoms with E-state index in [-0.39, 0.29) is 5.78 Å². The molecule has 3 aromatic rings. The van der Waals surface area contributed by atoms with Gasteiger partial charge in [-0.1, -0.05) is 18.3 Å². The van der Waals surface area contributed by atoms with Gasteiger partial charge in [-0.15, -0.1) is 11.3 Å². The molecule has 0 bridgehead atoms. The number of nitrogens with two attached hydrogens (primary N) is 1. The summed E-state index contributed by atoms with van der Waals surface area (Å²) < 4.78 is 5.38. The minimum Gasteiger partial charge on any atom is -0.495 e. The molecular weight excluding hydrogens is 356 g/mol. The van der Waals surface area contributed by atoms with Crippen LogP contribution in [0.1, 0.15) is 29.4 Å². The van der Waals surface area contributed by atoms with E-state index in [2.05, 4.69) is 15.3 Å². The number of nitrogen functional groups attached to an aromatic ring is 1. The molecule has 0 aliphatic rings. The molecule has 2 aromatic heterocycles. The maximum Gasteiger partial charge on any atom is 0.187 e. The van der Waals surface area contributed by atoms with Crippen molar-refractivity contribution in [2.45, 2.75) is 20.3 Å². The summed E-state index contributed by atoms with van der Waals surface area (Å²) in [5.74, 6) is 0.740. The zero-order valence-corrected chi connectivity index (χ0v) is 15.8. The number of hydrogen-bond donors (Lipinski definition) is 2. The summed E-state index contributed by atoms with van der Waals surface area (Å²) in [6, 6.07) is 5.35. The number of thiazole rings is 2. The Bertz CT molecular complexity index is 917. The van der Waals surface area contributed by atoms with Crippen LogP contribution in [0.5, 0.6) is 5.75 Å². The average Bonchev–Trinajstić information content (AvgIpc) is 3.19. The van der Waals surface area contributed by atoms with Gasteiger partial charge in [-0.2, -0.15) is 0 Å². The fourth-order valence-electron chi connectivity index (χ4n) is 2.39. The Morgan fingerprint density at radius 3 is 2.80 bits per heavy atom.